The third-order valence-corrected chi connectivity index (χ3v) is 6.82. The monoisotopic (exact) mass is 436 g/mol. The molecule has 0 atom stereocenters. The van der Waals surface area contributed by atoms with Crippen LogP contribution in [0.4, 0.5) is 6.01 Å². The lowest BCUT2D eigenvalue weighted by Gasteiger charge is -2.35. The molecule has 0 unspecified atom stereocenters. The van der Waals surface area contributed by atoms with Gasteiger partial charge in [-0.3, -0.25) is 4.90 Å². The van der Waals surface area contributed by atoms with Crippen LogP contribution >= 0.6 is 0 Å². The number of rotatable bonds is 8. The van der Waals surface area contributed by atoms with E-state index in [-0.39, 0.29) is 5.92 Å². The second-order valence-electron chi connectivity index (χ2n) is 8.34. The summed E-state index contributed by atoms with van der Waals surface area (Å²) in [5.74, 6) is 1.71. The van der Waals surface area contributed by atoms with Crippen LogP contribution in [-0.4, -0.2) is 69.0 Å². The molecule has 1 aromatic heterocycles. The first-order valence-electron chi connectivity index (χ1n) is 10.4. The van der Waals surface area contributed by atoms with Gasteiger partial charge < -0.3 is 14.2 Å². The zero-order chi connectivity index (χ0) is 21.9. The van der Waals surface area contributed by atoms with Gasteiger partial charge in [-0.15, -0.1) is 0 Å². The van der Waals surface area contributed by atoms with E-state index in [0.29, 0.717) is 34.9 Å². The molecule has 1 aliphatic rings. The Labute approximate surface area is 179 Å². The van der Waals surface area contributed by atoms with Gasteiger partial charge in [-0.2, -0.15) is 4.98 Å². The fourth-order valence-electron chi connectivity index (χ4n) is 3.71. The number of piperidine rings is 1. The molecular weight excluding hydrogens is 404 g/mol. The van der Waals surface area contributed by atoms with E-state index in [0.717, 1.165) is 38.3 Å². The second kappa shape index (κ2) is 9.34. The molecule has 0 N–H and O–H groups in total. The number of anilines is 1. The molecule has 8 nitrogen and oxygen atoms in total. The normalized spacial score (nSPS) is 15.9. The molecule has 9 heteroatoms. The van der Waals surface area contributed by atoms with E-state index in [4.69, 9.17) is 9.26 Å². The molecule has 0 radical (unpaired) electrons. The topological polar surface area (TPSA) is 88.8 Å². The van der Waals surface area contributed by atoms with E-state index in [9.17, 15) is 8.42 Å². The van der Waals surface area contributed by atoms with Crippen molar-refractivity contribution < 1.29 is 17.7 Å². The highest BCUT2D eigenvalue weighted by molar-refractivity contribution is 7.90. The molecule has 166 valence electrons. The van der Waals surface area contributed by atoms with Gasteiger partial charge in [-0.25, -0.2) is 8.42 Å². The van der Waals surface area contributed by atoms with Crippen LogP contribution in [0.2, 0.25) is 0 Å². The molecule has 2 aromatic rings. The van der Waals surface area contributed by atoms with Crippen molar-refractivity contribution in [2.24, 2.45) is 0 Å². The standard InChI is InChI=1S/C21H32N4O4S/c1-15(2)20-22-21(29-23-20)25-10-8-17(9-11-25)24(4)12-13-28-18-6-7-19(16(3)14-18)30(5,26)27/h6-7,14-15,17H,8-13H2,1-5H3. The highest BCUT2D eigenvalue weighted by Gasteiger charge is 2.25. The first kappa shape index (κ1) is 22.6. The van der Waals surface area contributed by atoms with Gasteiger partial charge in [-0.05, 0) is 50.6 Å². The Morgan fingerprint density at radius 2 is 2.00 bits per heavy atom. The zero-order valence-corrected chi connectivity index (χ0v) is 19.3. The summed E-state index contributed by atoms with van der Waals surface area (Å²) in [5.41, 5.74) is 0.706. The smallest absolute Gasteiger partial charge is 0.324 e. The fourth-order valence-corrected chi connectivity index (χ4v) is 4.66. The van der Waals surface area contributed by atoms with Gasteiger partial charge >= 0.3 is 6.01 Å². The molecule has 0 bridgehead atoms. The molecule has 0 spiro atoms. The van der Waals surface area contributed by atoms with E-state index in [1.807, 2.05) is 0 Å². The molecule has 2 heterocycles. The van der Waals surface area contributed by atoms with Gasteiger partial charge in [0.2, 0.25) is 0 Å². The Bertz CT molecular complexity index is 950. The summed E-state index contributed by atoms with van der Waals surface area (Å²) in [6.07, 6.45) is 3.27. The maximum absolute atomic E-state index is 11.7. The molecule has 1 fully saturated rings. The summed E-state index contributed by atoms with van der Waals surface area (Å²) >= 11 is 0. The van der Waals surface area contributed by atoms with Crippen molar-refractivity contribution in [3.05, 3.63) is 29.6 Å². The SMILES string of the molecule is Cc1cc(OCCN(C)C2CCN(c3nc(C(C)C)no3)CC2)ccc1S(C)(=O)=O. The minimum Gasteiger partial charge on any atom is -0.492 e. The predicted molar refractivity (Wildman–Crippen MR) is 116 cm³/mol. The first-order chi connectivity index (χ1) is 14.1. The summed E-state index contributed by atoms with van der Waals surface area (Å²) < 4.78 is 34.7. The average molecular weight is 437 g/mol. The second-order valence-corrected chi connectivity index (χ2v) is 10.3. The van der Waals surface area contributed by atoms with Crippen LogP contribution in [0.15, 0.2) is 27.6 Å². The molecule has 1 aliphatic heterocycles. The summed E-state index contributed by atoms with van der Waals surface area (Å²) in [4.78, 5) is 9.32. The predicted octanol–water partition coefficient (Wildman–Crippen LogP) is 2.88. The summed E-state index contributed by atoms with van der Waals surface area (Å²) in [6, 6.07) is 6.21. The largest absolute Gasteiger partial charge is 0.492 e. The number of benzene rings is 1. The van der Waals surface area contributed by atoms with Crippen molar-refractivity contribution in [1.29, 1.82) is 0 Å². The highest BCUT2D eigenvalue weighted by Crippen LogP contribution is 2.23. The minimum atomic E-state index is -3.21. The zero-order valence-electron chi connectivity index (χ0n) is 18.5. The van der Waals surface area contributed by atoms with Crippen LogP contribution in [0.1, 0.15) is 44.0 Å². The van der Waals surface area contributed by atoms with Crippen molar-refractivity contribution >= 4 is 15.9 Å². The van der Waals surface area contributed by atoms with Gasteiger partial charge in [0.15, 0.2) is 15.7 Å². The van der Waals surface area contributed by atoms with Gasteiger partial charge in [0.05, 0.1) is 4.90 Å². The number of ether oxygens (including phenoxy) is 1. The fraction of sp³-hybridized carbons (Fsp3) is 0.619. The van der Waals surface area contributed by atoms with Crippen molar-refractivity contribution in [3.63, 3.8) is 0 Å². The van der Waals surface area contributed by atoms with Crippen LogP contribution in [0.25, 0.3) is 0 Å². The average Bonchev–Trinajstić information content (AvgIpc) is 3.18. The molecule has 0 amide bonds. The molecule has 1 saturated heterocycles. The summed E-state index contributed by atoms with van der Waals surface area (Å²) in [5, 5.41) is 4.05. The summed E-state index contributed by atoms with van der Waals surface area (Å²) in [7, 11) is -1.09. The first-order valence-corrected chi connectivity index (χ1v) is 12.3. The number of aryl methyl sites for hydroxylation is 1. The Hall–Kier alpha value is -2.13. The van der Waals surface area contributed by atoms with Crippen LogP contribution < -0.4 is 9.64 Å². The van der Waals surface area contributed by atoms with Gasteiger partial charge in [0.1, 0.15) is 12.4 Å². The number of aromatic nitrogens is 2. The quantitative estimate of drug-likeness (QED) is 0.624. The van der Waals surface area contributed by atoms with E-state index < -0.39 is 9.84 Å². The lowest BCUT2D eigenvalue weighted by Crippen LogP contribution is -2.44. The van der Waals surface area contributed by atoms with Crippen molar-refractivity contribution in [3.8, 4) is 5.75 Å². The van der Waals surface area contributed by atoms with Crippen molar-refractivity contribution in [2.45, 2.75) is 50.5 Å². The van der Waals surface area contributed by atoms with Gasteiger partial charge in [0.25, 0.3) is 0 Å². The lowest BCUT2D eigenvalue weighted by atomic mass is 10.0. The number of sulfone groups is 1. The van der Waals surface area contributed by atoms with Crippen LogP contribution in [0.5, 0.6) is 5.75 Å². The Balaban J connectivity index is 1.45. The van der Waals surface area contributed by atoms with E-state index in [2.05, 4.69) is 40.8 Å². The van der Waals surface area contributed by atoms with Gasteiger partial charge in [0, 0.05) is 37.8 Å². The van der Waals surface area contributed by atoms with Crippen LogP contribution in [0.3, 0.4) is 0 Å². The molecule has 0 aliphatic carbocycles. The maximum atomic E-state index is 11.7. The molecule has 30 heavy (non-hydrogen) atoms. The van der Waals surface area contributed by atoms with Gasteiger partial charge in [-0.1, -0.05) is 19.0 Å². The lowest BCUT2D eigenvalue weighted by molar-refractivity contribution is 0.169. The third-order valence-electron chi connectivity index (χ3n) is 5.56. The molecule has 3 rings (SSSR count). The third kappa shape index (κ3) is 5.51. The van der Waals surface area contributed by atoms with Crippen LogP contribution in [-0.2, 0) is 9.84 Å². The Kier molecular flexibility index (Phi) is 7.02. The van der Waals surface area contributed by atoms with E-state index >= 15 is 0 Å². The number of nitrogens with zero attached hydrogens (tertiary/aromatic N) is 4. The number of likely N-dealkylation sites (N-methyl/N-ethyl adjacent to an activating group) is 1. The minimum absolute atomic E-state index is 0.262. The Morgan fingerprint density at radius 1 is 1.30 bits per heavy atom. The van der Waals surface area contributed by atoms with Crippen molar-refractivity contribution in [2.75, 3.05) is 44.4 Å². The van der Waals surface area contributed by atoms with Crippen molar-refractivity contribution in [1.82, 2.24) is 15.0 Å². The van der Waals surface area contributed by atoms with E-state index in [1.54, 1.807) is 25.1 Å². The number of hydrogen-bond donors (Lipinski definition) is 0. The molecular formula is C21H32N4O4S. The maximum Gasteiger partial charge on any atom is 0.324 e. The highest BCUT2D eigenvalue weighted by atomic mass is 32.2. The molecule has 1 aromatic carbocycles. The number of hydrogen-bond acceptors (Lipinski definition) is 8. The molecule has 0 saturated carbocycles. The van der Waals surface area contributed by atoms with E-state index in [1.165, 1.54) is 6.26 Å². The van der Waals surface area contributed by atoms with Crippen LogP contribution in [0, 0.1) is 6.92 Å². The summed E-state index contributed by atoms with van der Waals surface area (Å²) in [6.45, 7) is 9.03. The Morgan fingerprint density at radius 3 is 2.57 bits per heavy atom.